The molecule has 1 amide bonds. The number of ketones is 1. The zero-order valence-corrected chi connectivity index (χ0v) is 19.1. The summed E-state index contributed by atoms with van der Waals surface area (Å²) >= 11 is 0. The molecular formula is C29H24F2N2O2. The number of hydrogen-bond donors (Lipinski definition) is 2. The van der Waals surface area contributed by atoms with E-state index in [1.165, 1.54) is 24.3 Å². The van der Waals surface area contributed by atoms with Crippen molar-refractivity contribution < 1.29 is 18.4 Å². The highest BCUT2D eigenvalue weighted by Gasteiger charge is 2.41. The van der Waals surface area contributed by atoms with Crippen LogP contribution in [-0.4, -0.2) is 11.7 Å². The van der Waals surface area contributed by atoms with Gasteiger partial charge in [-0.2, -0.15) is 0 Å². The third kappa shape index (κ3) is 4.39. The predicted molar refractivity (Wildman–Crippen MR) is 130 cm³/mol. The van der Waals surface area contributed by atoms with Crippen molar-refractivity contribution in [1.29, 1.82) is 0 Å². The second kappa shape index (κ2) is 9.29. The van der Waals surface area contributed by atoms with E-state index >= 15 is 0 Å². The summed E-state index contributed by atoms with van der Waals surface area (Å²) < 4.78 is 28.0. The number of carbonyl (C=O) groups is 2. The van der Waals surface area contributed by atoms with Crippen LogP contribution in [-0.2, 0) is 9.59 Å². The molecule has 0 radical (unpaired) electrons. The Morgan fingerprint density at radius 2 is 1.57 bits per heavy atom. The maximum atomic E-state index is 14.3. The van der Waals surface area contributed by atoms with E-state index in [1.54, 1.807) is 31.2 Å². The Morgan fingerprint density at radius 3 is 2.29 bits per heavy atom. The van der Waals surface area contributed by atoms with Crippen LogP contribution < -0.4 is 10.6 Å². The first-order valence-electron chi connectivity index (χ1n) is 11.5. The first-order valence-corrected chi connectivity index (χ1v) is 11.5. The van der Waals surface area contributed by atoms with E-state index in [-0.39, 0.29) is 17.4 Å². The fourth-order valence-electron chi connectivity index (χ4n) is 5.04. The summed E-state index contributed by atoms with van der Waals surface area (Å²) in [7, 11) is 0. The quantitative estimate of drug-likeness (QED) is 0.494. The third-order valence-electron chi connectivity index (χ3n) is 6.67. The Morgan fingerprint density at radius 1 is 0.886 bits per heavy atom. The molecule has 35 heavy (non-hydrogen) atoms. The lowest BCUT2D eigenvalue weighted by atomic mass is 9.71. The molecule has 1 aliphatic heterocycles. The molecule has 2 aliphatic rings. The summed E-state index contributed by atoms with van der Waals surface area (Å²) in [5.74, 6) is -2.22. The number of Topliss-reactive ketones (excluding diaryl/α,β-unsaturated/α-hetero) is 1. The van der Waals surface area contributed by atoms with E-state index in [4.69, 9.17) is 0 Å². The van der Waals surface area contributed by atoms with Gasteiger partial charge in [-0.3, -0.25) is 9.59 Å². The number of dihydropyridines is 1. The number of hydrogen-bond acceptors (Lipinski definition) is 3. The molecule has 0 fully saturated rings. The molecule has 1 heterocycles. The third-order valence-corrected chi connectivity index (χ3v) is 6.67. The lowest BCUT2D eigenvalue weighted by Gasteiger charge is -2.37. The number of carbonyl (C=O) groups excluding carboxylic acids is 2. The van der Waals surface area contributed by atoms with Crippen molar-refractivity contribution in [3.63, 3.8) is 0 Å². The van der Waals surface area contributed by atoms with Gasteiger partial charge in [0.05, 0.1) is 5.69 Å². The van der Waals surface area contributed by atoms with E-state index < -0.39 is 23.5 Å². The van der Waals surface area contributed by atoms with E-state index in [0.717, 1.165) is 11.3 Å². The van der Waals surface area contributed by atoms with Crippen LogP contribution in [0.4, 0.5) is 14.5 Å². The van der Waals surface area contributed by atoms with Gasteiger partial charge in [-0.05, 0) is 54.7 Å². The Bertz CT molecular complexity index is 1360. The Kier molecular flexibility index (Phi) is 6.03. The van der Waals surface area contributed by atoms with E-state index in [2.05, 4.69) is 10.6 Å². The van der Waals surface area contributed by atoms with Gasteiger partial charge >= 0.3 is 0 Å². The largest absolute Gasteiger partial charge is 0.362 e. The van der Waals surface area contributed by atoms with Gasteiger partial charge in [0.25, 0.3) is 5.91 Å². The molecule has 0 unspecified atom stereocenters. The van der Waals surface area contributed by atoms with Gasteiger partial charge in [-0.15, -0.1) is 0 Å². The first-order chi connectivity index (χ1) is 16.9. The summed E-state index contributed by atoms with van der Waals surface area (Å²) in [5, 5.41) is 5.95. The highest BCUT2D eigenvalue weighted by atomic mass is 19.1. The highest BCUT2D eigenvalue weighted by molar-refractivity contribution is 6.10. The molecular weight excluding hydrogens is 446 g/mol. The monoisotopic (exact) mass is 470 g/mol. The number of para-hydroxylation sites is 1. The normalized spacial score (nSPS) is 19.8. The zero-order valence-electron chi connectivity index (χ0n) is 19.1. The number of benzene rings is 3. The van der Waals surface area contributed by atoms with Gasteiger partial charge in [-0.1, -0.05) is 54.6 Å². The van der Waals surface area contributed by atoms with E-state index in [1.807, 2.05) is 30.3 Å². The fourth-order valence-corrected chi connectivity index (χ4v) is 5.04. The van der Waals surface area contributed by atoms with Crippen LogP contribution in [0.5, 0.6) is 0 Å². The first kappa shape index (κ1) is 22.7. The molecule has 176 valence electrons. The van der Waals surface area contributed by atoms with Gasteiger partial charge < -0.3 is 10.6 Å². The minimum absolute atomic E-state index is 0.0189. The SMILES string of the molecule is CC1=C(C(=O)Nc2ccccc2F)[C@H](c2ccc(F)cc2)C2=C(C[C@H](c3ccccc3)CC2=O)N1. The summed E-state index contributed by atoms with van der Waals surface area (Å²) in [6.07, 6.45) is 0.922. The number of amides is 1. The van der Waals surface area contributed by atoms with Crippen LogP contribution in [0.15, 0.2) is 101 Å². The van der Waals surface area contributed by atoms with Crippen LogP contribution >= 0.6 is 0 Å². The van der Waals surface area contributed by atoms with Crippen molar-refractivity contribution in [2.24, 2.45) is 0 Å². The summed E-state index contributed by atoms with van der Waals surface area (Å²) in [6.45, 7) is 1.77. The zero-order chi connectivity index (χ0) is 24.5. The predicted octanol–water partition coefficient (Wildman–Crippen LogP) is 5.97. The molecule has 0 saturated heterocycles. The van der Waals surface area contributed by atoms with Crippen molar-refractivity contribution in [3.05, 3.63) is 124 Å². The molecule has 1 aliphatic carbocycles. The molecule has 0 bridgehead atoms. The Balaban J connectivity index is 1.57. The van der Waals surface area contributed by atoms with E-state index in [0.29, 0.717) is 35.2 Å². The molecule has 5 rings (SSSR count). The smallest absolute Gasteiger partial charge is 0.254 e. The van der Waals surface area contributed by atoms with Gasteiger partial charge in [0, 0.05) is 34.9 Å². The van der Waals surface area contributed by atoms with Crippen molar-refractivity contribution in [3.8, 4) is 0 Å². The molecule has 2 N–H and O–H groups in total. The number of nitrogens with one attached hydrogen (secondary N) is 2. The lowest BCUT2D eigenvalue weighted by Crippen LogP contribution is -2.37. The van der Waals surface area contributed by atoms with Gasteiger partial charge in [0.1, 0.15) is 11.6 Å². The van der Waals surface area contributed by atoms with E-state index in [9.17, 15) is 18.4 Å². The minimum Gasteiger partial charge on any atom is -0.362 e. The second-order valence-corrected chi connectivity index (χ2v) is 8.91. The van der Waals surface area contributed by atoms with Crippen LogP contribution in [0.25, 0.3) is 0 Å². The van der Waals surface area contributed by atoms with Crippen molar-refractivity contribution in [1.82, 2.24) is 5.32 Å². The molecule has 6 heteroatoms. The molecule has 3 aromatic carbocycles. The van der Waals surface area contributed by atoms with Crippen molar-refractivity contribution in [2.75, 3.05) is 5.32 Å². The number of allylic oxidation sites excluding steroid dienone is 3. The lowest BCUT2D eigenvalue weighted by molar-refractivity contribution is -0.116. The second-order valence-electron chi connectivity index (χ2n) is 8.91. The summed E-state index contributed by atoms with van der Waals surface area (Å²) in [5.41, 5.74) is 3.92. The minimum atomic E-state index is -0.692. The highest BCUT2D eigenvalue weighted by Crippen LogP contribution is 2.45. The molecule has 0 spiro atoms. The maximum Gasteiger partial charge on any atom is 0.254 e. The van der Waals surface area contributed by atoms with Gasteiger partial charge in [0.2, 0.25) is 0 Å². The average molecular weight is 471 g/mol. The average Bonchev–Trinajstić information content (AvgIpc) is 2.85. The van der Waals surface area contributed by atoms with Crippen LogP contribution in [0, 0.1) is 11.6 Å². The molecule has 3 aromatic rings. The van der Waals surface area contributed by atoms with Crippen LogP contribution in [0.2, 0.25) is 0 Å². The maximum absolute atomic E-state index is 14.3. The number of rotatable bonds is 4. The Labute approximate surface area is 202 Å². The number of anilines is 1. The van der Waals surface area contributed by atoms with Crippen molar-refractivity contribution >= 4 is 17.4 Å². The fraction of sp³-hybridized carbons (Fsp3) is 0.172. The Hall–Kier alpha value is -4.06. The summed E-state index contributed by atoms with van der Waals surface area (Å²) in [6, 6.07) is 21.6. The topological polar surface area (TPSA) is 58.2 Å². The number of halogens is 2. The van der Waals surface area contributed by atoms with Crippen molar-refractivity contribution in [2.45, 2.75) is 31.6 Å². The molecule has 2 atom stereocenters. The van der Waals surface area contributed by atoms with Crippen LogP contribution in [0.3, 0.4) is 0 Å². The van der Waals surface area contributed by atoms with Gasteiger partial charge in [-0.25, -0.2) is 8.78 Å². The van der Waals surface area contributed by atoms with Crippen LogP contribution in [0.1, 0.15) is 42.7 Å². The molecule has 0 saturated carbocycles. The summed E-state index contributed by atoms with van der Waals surface area (Å²) in [4.78, 5) is 27.0. The van der Waals surface area contributed by atoms with Gasteiger partial charge in [0.15, 0.2) is 5.78 Å². The molecule has 4 nitrogen and oxygen atoms in total. The standard InChI is InChI=1S/C29H24F2N2O2/c1-17-26(29(35)33-23-10-6-5-9-22(23)31)27(19-11-13-21(30)14-12-19)28-24(32-17)15-20(16-25(28)34)18-7-3-2-4-8-18/h2-14,20,27,32H,15-16H2,1H3,(H,33,35)/t20-,27-/m0/s1. The molecule has 0 aromatic heterocycles.